The highest BCUT2D eigenvalue weighted by molar-refractivity contribution is 5.75. The lowest BCUT2D eigenvalue weighted by atomic mass is 9.68. The van der Waals surface area contributed by atoms with Crippen molar-refractivity contribution in [2.24, 2.45) is 0 Å². The summed E-state index contributed by atoms with van der Waals surface area (Å²) in [4.78, 5) is 13.3. The molecular weight excluding hydrogens is 150 g/mol. The third-order valence-electron chi connectivity index (χ3n) is 3.54. The zero-order valence-electron chi connectivity index (χ0n) is 7.81. The monoisotopic (exact) mass is 167 g/mol. The Kier molecular flexibility index (Phi) is 1.95. The van der Waals surface area contributed by atoms with Crippen molar-refractivity contribution in [1.82, 2.24) is 4.90 Å². The van der Waals surface area contributed by atoms with Gasteiger partial charge in [0.2, 0.25) is 0 Å². The van der Waals surface area contributed by atoms with Crippen molar-refractivity contribution in [3.8, 4) is 0 Å². The Morgan fingerprint density at radius 1 is 1.42 bits per heavy atom. The van der Waals surface area contributed by atoms with Gasteiger partial charge in [-0.3, -0.25) is 9.69 Å². The van der Waals surface area contributed by atoms with E-state index >= 15 is 0 Å². The fourth-order valence-corrected chi connectivity index (χ4v) is 2.38. The number of hydrogen-bond acceptors (Lipinski definition) is 2. The topological polar surface area (TPSA) is 20.3 Å². The van der Waals surface area contributed by atoms with E-state index in [4.69, 9.17) is 0 Å². The molecule has 0 N–H and O–H groups in total. The van der Waals surface area contributed by atoms with Gasteiger partial charge in [0.1, 0.15) is 5.78 Å². The molecule has 2 nitrogen and oxygen atoms in total. The minimum Gasteiger partial charge on any atom is -0.300 e. The van der Waals surface area contributed by atoms with Crippen LogP contribution in [0.3, 0.4) is 0 Å². The lowest BCUT2D eigenvalue weighted by Gasteiger charge is -2.59. The molecule has 0 aromatic carbocycles. The van der Waals surface area contributed by atoms with Crippen LogP contribution < -0.4 is 0 Å². The van der Waals surface area contributed by atoms with Crippen LogP contribution in [0.25, 0.3) is 0 Å². The number of likely N-dealkylation sites (tertiary alicyclic amines) is 1. The van der Waals surface area contributed by atoms with Crippen LogP contribution in [-0.4, -0.2) is 29.3 Å². The van der Waals surface area contributed by atoms with E-state index < -0.39 is 0 Å². The largest absolute Gasteiger partial charge is 0.300 e. The molecule has 12 heavy (non-hydrogen) atoms. The predicted octanol–water partition coefficient (Wildman–Crippen LogP) is 1.59. The number of rotatable bonds is 3. The molecule has 1 saturated carbocycles. The molecule has 2 fully saturated rings. The maximum atomic E-state index is 10.8. The summed E-state index contributed by atoms with van der Waals surface area (Å²) in [6.45, 7) is 3.93. The average Bonchev–Trinajstić information content (AvgIpc) is 1.80. The second-order valence-corrected chi connectivity index (χ2v) is 4.27. The number of carbonyl (C=O) groups excluding carboxylic acids is 1. The molecule has 1 aliphatic heterocycles. The lowest BCUT2D eigenvalue weighted by molar-refractivity contribution is -0.120. The van der Waals surface area contributed by atoms with Crippen LogP contribution in [-0.2, 0) is 4.79 Å². The fraction of sp³-hybridized carbons (Fsp3) is 0.900. The van der Waals surface area contributed by atoms with Gasteiger partial charge >= 0.3 is 0 Å². The van der Waals surface area contributed by atoms with Gasteiger partial charge in [-0.15, -0.1) is 0 Å². The van der Waals surface area contributed by atoms with Crippen molar-refractivity contribution in [2.75, 3.05) is 13.1 Å². The van der Waals surface area contributed by atoms with Crippen molar-refractivity contribution in [2.45, 2.75) is 44.6 Å². The Hall–Kier alpha value is -0.370. The molecule has 0 aromatic heterocycles. The highest BCUT2D eigenvalue weighted by Crippen LogP contribution is 2.46. The summed E-state index contributed by atoms with van der Waals surface area (Å²) >= 11 is 0. The van der Waals surface area contributed by atoms with Gasteiger partial charge in [-0.2, -0.15) is 0 Å². The average molecular weight is 167 g/mol. The number of nitrogens with zero attached hydrogens (tertiary/aromatic N) is 1. The minimum atomic E-state index is 0.330. The van der Waals surface area contributed by atoms with Crippen LogP contribution in [0.15, 0.2) is 0 Å². The van der Waals surface area contributed by atoms with Gasteiger partial charge in [-0.1, -0.05) is 0 Å². The van der Waals surface area contributed by atoms with Gasteiger partial charge < -0.3 is 0 Å². The van der Waals surface area contributed by atoms with Gasteiger partial charge in [0, 0.05) is 25.0 Å². The normalized spacial score (nSPS) is 26.4. The van der Waals surface area contributed by atoms with Gasteiger partial charge in [0.05, 0.1) is 0 Å². The number of Topliss-reactive ketones (excluding diaryl/α,β-unsaturated/α-hetero) is 1. The van der Waals surface area contributed by atoms with Crippen LogP contribution in [0, 0.1) is 0 Å². The molecule has 0 atom stereocenters. The third-order valence-corrected chi connectivity index (χ3v) is 3.54. The summed E-state index contributed by atoms with van der Waals surface area (Å²) in [5, 5.41) is 0. The van der Waals surface area contributed by atoms with Crippen molar-refractivity contribution < 1.29 is 4.79 Å². The van der Waals surface area contributed by atoms with Gasteiger partial charge in [0.25, 0.3) is 0 Å². The summed E-state index contributed by atoms with van der Waals surface area (Å²) in [6.07, 6.45) is 6.29. The molecule has 1 saturated heterocycles. The summed E-state index contributed by atoms with van der Waals surface area (Å²) in [6, 6.07) is 0. The van der Waals surface area contributed by atoms with Gasteiger partial charge in [-0.25, -0.2) is 0 Å². The Balaban J connectivity index is 1.78. The molecule has 0 aromatic rings. The molecule has 1 heterocycles. The lowest BCUT2D eigenvalue weighted by Crippen LogP contribution is -2.63. The van der Waals surface area contributed by atoms with E-state index in [1.165, 1.54) is 32.2 Å². The Bertz CT molecular complexity index is 191. The van der Waals surface area contributed by atoms with Crippen LogP contribution >= 0.6 is 0 Å². The SMILES string of the molecule is CC(=O)CCN1CCC12CCC2. The molecule has 0 radical (unpaired) electrons. The standard InChI is InChI=1S/C10H17NO/c1-9(12)3-7-11-8-6-10(11)4-2-5-10/h2-8H2,1H3. The van der Waals surface area contributed by atoms with E-state index in [0.717, 1.165) is 13.0 Å². The van der Waals surface area contributed by atoms with E-state index in [1.54, 1.807) is 6.92 Å². The van der Waals surface area contributed by atoms with Gasteiger partial charge in [0.15, 0.2) is 0 Å². The van der Waals surface area contributed by atoms with Crippen molar-refractivity contribution in [3.05, 3.63) is 0 Å². The second-order valence-electron chi connectivity index (χ2n) is 4.27. The van der Waals surface area contributed by atoms with Crippen LogP contribution in [0.1, 0.15) is 39.0 Å². The van der Waals surface area contributed by atoms with Crippen molar-refractivity contribution in [3.63, 3.8) is 0 Å². The highest BCUT2D eigenvalue weighted by Gasteiger charge is 2.48. The first kappa shape index (κ1) is 8.24. The number of hydrogen-bond donors (Lipinski definition) is 0. The zero-order chi connectivity index (χ0) is 8.60. The summed E-state index contributed by atoms with van der Waals surface area (Å²) in [7, 11) is 0. The van der Waals surface area contributed by atoms with Crippen LogP contribution in [0.5, 0.6) is 0 Å². The summed E-state index contributed by atoms with van der Waals surface area (Å²) in [5.41, 5.74) is 0.579. The maximum Gasteiger partial charge on any atom is 0.131 e. The molecule has 2 aliphatic rings. The zero-order valence-corrected chi connectivity index (χ0v) is 7.81. The molecule has 1 aliphatic carbocycles. The fourth-order valence-electron chi connectivity index (χ4n) is 2.38. The summed E-state index contributed by atoms with van der Waals surface area (Å²) in [5.74, 6) is 0.330. The number of carbonyl (C=O) groups is 1. The third kappa shape index (κ3) is 1.18. The molecule has 0 unspecified atom stereocenters. The molecular formula is C10H17NO. The quantitative estimate of drug-likeness (QED) is 0.636. The van der Waals surface area contributed by atoms with Crippen LogP contribution in [0.2, 0.25) is 0 Å². The van der Waals surface area contributed by atoms with Crippen molar-refractivity contribution in [1.29, 1.82) is 0 Å². The Morgan fingerprint density at radius 2 is 2.17 bits per heavy atom. The molecule has 1 spiro atoms. The molecule has 68 valence electrons. The second kappa shape index (κ2) is 2.84. The first-order valence-electron chi connectivity index (χ1n) is 4.97. The molecule has 0 amide bonds. The first-order valence-corrected chi connectivity index (χ1v) is 4.97. The first-order chi connectivity index (χ1) is 5.73. The molecule has 2 rings (SSSR count). The highest BCUT2D eigenvalue weighted by atomic mass is 16.1. The predicted molar refractivity (Wildman–Crippen MR) is 48.1 cm³/mol. The van der Waals surface area contributed by atoms with E-state index in [0.29, 0.717) is 11.3 Å². The van der Waals surface area contributed by atoms with E-state index in [9.17, 15) is 4.79 Å². The molecule has 2 heteroatoms. The summed E-state index contributed by atoms with van der Waals surface area (Å²) < 4.78 is 0. The van der Waals surface area contributed by atoms with E-state index in [-0.39, 0.29) is 0 Å². The number of ketones is 1. The smallest absolute Gasteiger partial charge is 0.131 e. The van der Waals surface area contributed by atoms with E-state index in [1.807, 2.05) is 0 Å². The van der Waals surface area contributed by atoms with Crippen LogP contribution in [0.4, 0.5) is 0 Å². The van der Waals surface area contributed by atoms with E-state index in [2.05, 4.69) is 4.90 Å². The maximum absolute atomic E-state index is 10.8. The minimum absolute atomic E-state index is 0.330. The van der Waals surface area contributed by atoms with Gasteiger partial charge in [-0.05, 0) is 32.6 Å². The Morgan fingerprint density at radius 3 is 2.50 bits per heavy atom. The Labute approximate surface area is 73.9 Å². The molecule has 0 bridgehead atoms. The van der Waals surface area contributed by atoms with Crippen molar-refractivity contribution >= 4 is 5.78 Å².